The average Bonchev–Trinajstić information content (AvgIpc) is 2.49. The summed E-state index contributed by atoms with van der Waals surface area (Å²) in [6.45, 7) is 3.28. The van der Waals surface area contributed by atoms with Crippen LogP contribution in [0.3, 0.4) is 0 Å². The van der Waals surface area contributed by atoms with Gasteiger partial charge in [0, 0.05) is 24.4 Å². The lowest BCUT2D eigenvalue weighted by Crippen LogP contribution is -2.25. The van der Waals surface area contributed by atoms with Crippen LogP contribution in [0.5, 0.6) is 11.6 Å². The van der Waals surface area contributed by atoms with Gasteiger partial charge in [-0.05, 0) is 18.2 Å². The number of benzene rings is 1. The molecule has 0 bridgehead atoms. The molecule has 0 spiro atoms. The highest BCUT2D eigenvalue weighted by molar-refractivity contribution is 7.89. The van der Waals surface area contributed by atoms with E-state index < -0.39 is 21.7 Å². The second-order valence-corrected chi connectivity index (χ2v) is 6.39. The number of hydrogen-bond acceptors (Lipinski definition) is 4. The highest BCUT2D eigenvalue weighted by Gasteiger charge is 2.13. The fourth-order valence-corrected chi connectivity index (χ4v) is 2.52. The first-order chi connectivity index (χ1) is 10.9. The molecular weight excluding hydrogens is 326 g/mol. The van der Waals surface area contributed by atoms with Crippen molar-refractivity contribution in [3.05, 3.63) is 66.4 Å². The summed E-state index contributed by atoms with van der Waals surface area (Å²) in [5.41, 5.74) is 0.406. The van der Waals surface area contributed by atoms with Crippen molar-refractivity contribution >= 4 is 10.0 Å². The van der Waals surface area contributed by atoms with E-state index in [1.54, 1.807) is 12.1 Å². The zero-order chi connectivity index (χ0) is 16.9. The Bertz CT molecular complexity index is 810. The van der Waals surface area contributed by atoms with Crippen LogP contribution in [0, 0.1) is 11.6 Å². The Kier molecular flexibility index (Phi) is 5.41. The number of rotatable bonds is 7. The summed E-state index contributed by atoms with van der Waals surface area (Å²) in [7, 11) is -3.51. The number of halogens is 2. The summed E-state index contributed by atoms with van der Waals surface area (Å²) in [5, 5.41) is 0. The standard InChI is InChI=1S/C15H14F2N2O3S/c1-2-8-23(20,21)19-10-11-4-3-7-18-15(11)22-14-6-5-12(16)9-13(14)17/h2-7,9,19H,1,8,10H2. The van der Waals surface area contributed by atoms with Gasteiger partial charge in [0.05, 0.1) is 5.75 Å². The van der Waals surface area contributed by atoms with E-state index in [0.717, 1.165) is 12.1 Å². The number of nitrogens with zero attached hydrogens (tertiary/aromatic N) is 1. The van der Waals surface area contributed by atoms with Crippen molar-refractivity contribution in [1.29, 1.82) is 0 Å². The minimum Gasteiger partial charge on any atom is -0.436 e. The van der Waals surface area contributed by atoms with Gasteiger partial charge < -0.3 is 4.74 Å². The lowest BCUT2D eigenvalue weighted by atomic mass is 10.2. The lowest BCUT2D eigenvalue weighted by Gasteiger charge is -2.11. The zero-order valence-electron chi connectivity index (χ0n) is 12.0. The molecule has 2 rings (SSSR count). The predicted molar refractivity (Wildman–Crippen MR) is 81.5 cm³/mol. The fraction of sp³-hybridized carbons (Fsp3) is 0.133. The largest absolute Gasteiger partial charge is 0.436 e. The molecular formula is C15H14F2N2O3S. The van der Waals surface area contributed by atoms with Crippen molar-refractivity contribution in [3.63, 3.8) is 0 Å². The third-order valence-electron chi connectivity index (χ3n) is 2.77. The van der Waals surface area contributed by atoms with Gasteiger partial charge in [0.2, 0.25) is 15.9 Å². The predicted octanol–water partition coefficient (Wildman–Crippen LogP) is 2.76. The lowest BCUT2D eigenvalue weighted by molar-refractivity contribution is 0.418. The second-order valence-electron chi connectivity index (χ2n) is 4.54. The SMILES string of the molecule is C=CCS(=O)(=O)NCc1cccnc1Oc1ccc(F)cc1F. The maximum atomic E-state index is 13.6. The van der Waals surface area contributed by atoms with Gasteiger partial charge in [0.1, 0.15) is 5.82 Å². The van der Waals surface area contributed by atoms with E-state index in [0.29, 0.717) is 11.6 Å². The third kappa shape index (κ3) is 4.83. The molecule has 2 aromatic rings. The van der Waals surface area contributed by atoms with Gasteiger partial charge in [0.15, 0.2) is 11.6 Å². The molecule has 0 saturated heterocycles. The van der Waals surface area contributed by atoms with E-state index in [4.69, 9.17) is 4.74 Å². The van der Waals surface area contributed by atoms with Crippen molar-refractivity contribution in [1.82, 2.24) is 9.71 Å². The van der Waals surface area contributed by atoms with Crippen LogP contribution in [0.1, 0.15) is 5.56 Å². The van der Waals surface area contributed by atoms with Crippen molar-refractivity contribution in [2.45, 2.75) is 6.54 Å². The molecule has 23 heavy (non-hydrogen) atoms. The van der Waals surface area contributed by atoms with Crippen LogP contribution in [0.25, 0.3) is 0 Å². The maximum Gasteiger partial charge on any atom is 0.223 e. The first kappa shape index (κ1) is 17.0. The van der Waals surface area contributed by atoms with Gasteiger partial charge in [0.25, 0.3) is 0 Å². The maximum absolute atomic E-state index is 13.6. The molecule has 1 aromatic carbocycles. The van der Waals surface area contributed by atoms with Crippen LogP contribution in [-0.2, 0) is 16.6 Å². The van der Waals surface area contributed by atoms with Crippen LogP contribution < -0.4 is 9.46 Å². The first-order valence-electron chi connectivity index (χ1n) is 6.56. The molecule has 5 nitrogen and oxygen atoms in total. The van der Waals surface area contributed by atoms with Gasteiger partial charge in [-0.15, -0.1) is 6.58 Å². The topological polar surface area (TPSA) is 68.3 Å². The normalized spacial score (nSPS) is 11.2. The molecule has 0 unspecified atom stereocenters. The highest BCUT2D eigenvalue weighted by atomic mass is 32.2. The van der Waals surface area contributed by atoms with Crippen molar-refractivity contribution < 1.29 is 21.9 Å². The van der Waals surface area contributed by atoms with Gasteiger partial charge in [-0.2, -0.15) is 0 Å². The number of aromatic nitrogens is 1. The van der Waals surface area contributed by atoms with Gasteiger partial charge in [-0.1, -0.05) is 12.1 Å². The molecule has 0 aliphatic rings. The molecule has 0 radical (unpaired) electrons. The van der Waals surface area contributed by atoms with Crippen molar-refractivity contribution in [2.75, 3.05) is 5.75 Å². The second kappa shape index (κ2) is 7.30. The Morgan fingerprint density at radius 3 is 2.78 bits per heavy atom. The molecule has 0 aliphatic heterocycles. The Labute approximate surface area is 132 Å². The Hall–Kier alpha value is -2.32. The average molecular weight is 340 g/mol. The van der Waals surface area contributed by atoms with E-state index in [2.05, 4.69) is 16.3 Å². The Morgan fingerprint density at radius 1 is 1.30 bits per heavy atom. The molecule has 122 valence electrons. The third-order valence-corrected chi connectivity index (χ3v) is 4.03. The molecule has 8 heteroatoms. The van der Waals surface area contributed by atoms with Gasteiger partial charge >= 0.3 is 0 Å². The molecule has 0 saturated carbocycles. The minimum absolute atomic E-state index is 0.0271. The highest BCUT2D eigenvalue weighted by Crippen LogP contribution is 2.26. The van der Waals surface area contributed by atoms with Gasteiger partial charge in [-0.3, -0.25) is 0 Å². The van der Waals surface area contributed by atoms with E-state index in [1.165, 1.54) is 12.3 Å². The summed E-state index contributed by atoms with van der Waals surface area (Å²) in [6, 6.07) is 6.04. The first-order valence-corrected chi connectivity index (χ1v) is 8.21. The fourth-order valence-electron chi connectivity index (χ4n) is 1.71. The van der Waals surface area contributed by atoms with Crippen LogP contribution in [0.2, 0.25) is 0 Å². The van der Waals surface area contributed by atoms with Crippen LogP contribution in [0.15, 0.2) is 49.2 Å². The Balaban J connectivity index is 2.19. The molecule has 1 aromatic heterocycles. The van der Waals surface area contributed by atoms with E-state index in [1.807, 2.05) is 0 Å². The molecule has 0 aliphatic carbocycles. The molecule has 0 amide bonds. The number of nitrogens with one attached hydrogen (secondary N) is 1. The van der Waals surface area contributed by atoms with E-state index in [9.17, 15) is 17.2 Å². The van der Waals surface area contributed by atoms with Crippen molar-refractivity contribution in [3.8, 4) is 11.6 Å². The molecule has 0 atom stereocenters. The van der Waals surface area contributed by atoms with Crippen LogP contribution >= 0.6 is 0 Å². The zero-order valence-corrected chi connectivity index (χ0v) is 12.8. The summed E-state index contributed by atoms with van der Waals surface area (Å²) < 4.78 is 57.4. The summed E-state index contributed by atoms with van der Waals surface area (Å²) in [5.74, 6) is -2.02. The summed E-state index contributed by atoms with van der Waals surface area (Å²) in [4.78, 5) is 3.95. The monoisotopic (exact) mass is 340 g/mol. The molecule has 1 heterocycles. The molecule has 0 fully saturated rings. The number of sulfonamides is 1. The number of ether oxygens (including phenoxy) is 1. The smallest absolute Gasteiger partial charge is 0.223 e. The van der Waals surface area contributed by atoms with Crippen molar-refractivity contribution in [2.24, 2.45) is 0 Å². The van der Waals surface area contributed by atoms with Crippen LogP contribution in [0.4, 0.5) is 8.78 Å². The number of hydrogen-bond donors (Lipinski definition) is 1. The minimum atomic E-state index is -3.51. The van der Waals surface area contributed by atoms with Crippen LogP contribution in [-0.4, -0.2) is 19.2 Å². The van der Waals surface area contributed by atoms with E-state index in [-0.39, 0.29) is 23.9 Å². The van der Waals surface area contributed by atoms with Gasteiger partial charge in [-0.25, -0.2) is 26.9 Å². The quantitative estimate of drug-likeness (QED) is 0.787. The van der Waals surface area contributed by atoms with E-state index >= 15 is 0 Å². The molecule has 1 N–H and O–H groups in total. The summed E-state index contributed by atoms with van der Waals surface area (Å²) in [6.07, 6.45) is 2.68. The Morgan fingerprint density at radius 2 is 2.09 bits per heavy atom. The summed E-state index contributed by atoms with van der Waals surface area (Å²) >= 11 is 0. The number of pyridine rings is 1.